The fourth-order valence-electron chi connectivity index (χ4n) is 0.943. The summed E-state index contributed by atoms with van der Waals surface area (Å²) in [6.45, 7) is 0. The first-order chi connectivity index (χ1) is 7.24. The van der Waals surface area contributed by atoms with Gasteiger partial charge in [0.15, 0.2) is 11.2 Å². The smallest absolute Gasteiger partial charge is 0.184 e. The first-order valence-electron chi connectivity index (χ1n) is 4.10. The Hall–Kier alpha value is -1.33. The Labute approximate surface area is 98.1 Å². The summed E-state index contributed by atoms with van der Waals surface area (Å²) in [7, 11) is 0. The summed E-state index contributed by atoms with van der Waals surface area (Å²) >= 11 is 10.1. The summed E-state index contributed by atoms with van der Waals surface area (Å²) in [5, 5.41) is 3.93. The third-order valence-corrected chi connectivity index (χ3v) is 1.71. The van der Waals surface area contributed by atoms with Gasteiger partial charge in [-0.25, -0.2) is 0 Å². The fourth-order valence-corrected chi connectivity index (χ4v) is 1.11. The maximum absolute atomic E-state index is 5.47. The first kappa shape index (κ1) is 11.7. The van der Waals surface area contributed by atoms with Crippen molar-refractivity contribution in [1.29, 1.82) is 0 Å². The fraction of sp³-hybridized carbons (Fsp3) is 0.111. The highest BCUT2D eigenvalue weighted by Crippen LogP contribution is 2.15. The lowest BCUT2D eigenvalue weighted by Crippen LogP contribution is -2.24. The monoisotopic (exact) mass is 243 g/mol. The van der Waals surface area contributed by atoms with Crippen LogP contribution in [-0.2, 0) is 0 Å². The summed E-state index contributed by atoms with van der Waals surface area (Å²) in [6.07, 6.45) is 1.56. The average Bonchev–Trinajstić information content (AvgIpc) is 2.20. The van der Waals surface area contributed by atoms with E-state index in [1.54, 1.807) is 12.3 Å². The highest BCUT2D eigenvalue weighted by atomic mass is 35.5. The van der Waals surface area contributed by atoms with Crippen molar-refractivity contribution in [3.63, 3.8) is 0 Å². The molecule has 0 amide bonds. The predicted molar refractivity (Wildman–Crippen MR) is 65.3 cm³/mol. The van der Waals surface area contributed by atoms with E-state index in [0.717, 1.165) is 5.56 Å². The van der Waals surface area contributed by atoms with Crippen molar-refractivity contribution in [3.8, 4) is 5.75 Å². The molecule has 0 aliphatic heterocycles. The van der Waals surface area contributed by atoms with Crippen LogP contribution >= 0.6 is 23.8 Å². The Morgan fingerprint density at radius 2 is 2.33 bits per heavy atom. The number of hydrogen-bond donors (Lipinski definition) is 2. The van der Waals surface area contributed by atoms with E-state index in [2.05, 4.69) is 22.7 Å². The minimum atomic E-state index is 0.0909. The van der Waals surface area contributed by atoms with Crippen LogP contribution in [0, 0.1) is 0 Å². The van der Waals surface area contributed by atoms with Crippen molar-refractivity contribution in [2.45, 2.75) is 0 Å². The molecule has 0 unspecified atom stereocenters. The lowest BCUT2D eigenvalue weighted by Gasteiger charge is -2.04. The lowest BCUT2D eigenvalue weighted by molar-refractivity contribution is 0.387. The molecule has 3 N–H and O–H groups in total. The van der Waals surface area contributed by atoms with Crippen LogP contribution in [0.4, 0.5) is 0 Å². The van der Waals surface area contributed by atoms with Gasteiger partial charge in [-0.1, -0.05) is 23.7 Å². The highest BCUT2D eigenvalue weighted by molar-refractivity contribution is 7.80. The van der Waals surface area contributed by atoms with Gasteiger partial charge in [0.1, 0.15) is 5.75 Å². The molecule has 1 aromatic carbocycles. The van der Waals surface area contributed by atoms with E-state index >= 15 is 0 Å². The lowest BCUT2D eigenvalue weighted by atomic mass is 10.2. The molecule has 0 saturated carbocycles. The number of hydrogen-bond acceptors (Lipinski definition) is 3. The van der Waals surface area contributed by atoms with Gasteiger partial charge in [-0.15, -0.1) is 0 Å². The number of nitrogens with two attached hydrogens (primary N) is 1. The molecule has 0 radical (unpaired) electrons. The topological polar surface area (TPSA) is 59.6 Å². The number of alkyl halides is 1. The van der Waals surface area contributed by atoms with E-state index in [1.165, 1.54) is 0 Å². The molecule has 0 aliphatic carbocycles. The SMILES string of the molecule is NC(=S)NN=Cc1ccccc1OCCl. The summed E-state index contributed by atoms with van der Waals surface area (Å²) < 4.78 is 5.18. The number of rotatable bonds is 4. The van der Waals surface area contributed by atoms with Crippen molar-refractivity contribution < 1.29 is 4.74 Å². The van der Waals surface area contributed by atoms with E-state index in [9.17, 15) is 0 Å². The van der Waals surface area contributed by atoms with Crippen LogP contribution in [0.15, 0.2) is 29.4 Å². The quantitative estimate of drug-likeness (QED) is 0.364. The Balaban J connectivity index is 2.74. The van der Waals surface area contributed by atoms with E-state index in [4.69, 9.17) is 22.1 Å². The number of thiocarbonyl (C=S) groups is 1. The van der Waals surface area contributed by atoms with Crippen LogP contribution < -0.4 is 15.9 Å². The van der Waals surface area contributed by atoms with Gasteiger partial charge in [-0.05, 0) is 24.4 Å². The first-order valence-corrected chi connectivity index (χ1v) is 5.04. The normalized spacial score (nSPS) is 10.2. The zero-order valence-corrected chi connectivity index (χ0v) is 9.39. The molecule has 0 aromatic heterocycles. The molecule has 0 aliphatic rings. The molecule has 1 aromatic rings. The Kier molecular flexibility index (Phi) is 4.86. The molecular weight excluding hydrogens is 234 g/mol. The van der Waals surface area contributed by atoms with Gasteiger partial charge in [-0.3, -0.25) is 5.43 Å². The second-order valence-electron chi connectivity index (χ2n) is 2.53. The van der Waals surface area contributed by atoms with E-state index in [0.29, 0.717) is 5.75 Å². The van der Waals surface area contributed by atoms with Crippen molar-refractivity contribution in [1.82, 2.24) is 5.43 Å². The van der Waals surface area contributed by atoms with Crippen LogP contribution in [0.25, 0.3) is 0 Å². The van der Waals surface area contributed by atoms with Gasteiger partial charge in [0.25, 0.3) is 0 Å². The summed E-state index contributed by atoms with van der Waals surface area (Å²) in [4.78, 5) is 0. The minimum absolute atomic E-state index is 0.0909. The second-order valence-corrected chi connectivity index (χ2v) is 3.18. The van der Waals surface area contributed by atoms with Crippen LogP contribution in [-0.4, -0.2) is 17.4 Å². The molecule has 6 heteroatoms. The summed E-state index contributed by atoms with van der Waals surface area (Å²) in [6, 6.07) is 7.44. The van der Waals surface area contributed by atoms with Gasteiger partial charge in [0.2, 0.25) is 0 Å². The van der Waals surface area contributed by atoms with E-state index in [1.807, 2.05) is 18.2 Å². The largest absolute Gasteiger partial charge is 0.477 e. The molecule has 4 nitrogen and oxygen atoms in total. The number of nitrogens with zero attached hydrogens (tertiary/aromatic N) is 1. The van der Waals surface area contributed by atoms with Crippen LogP contribution in [0.2, 0.25) is 0 Å². The van der Waals surface area contributed by atoms with Gasteiger partial charge < -0.3 is 10.5 Å². The number of para-hydroxylation sites is 1. The number of nitrogens with one attached hydrogen (secondary N) is 1. The Morgan fingerprint density at radius 3 is 3.00 bits per heavy atom. The summed E-state index contributed by atoms with van der Waals surface area (Å²) in [5.74, 6) is 0.654. The van der Waals surface area contributed by atoms with Crippen LogP contribution in [0.1, 0.15) is 5.56 Å². The second kappa shape index (κ2) is 6.21. The Morgan fingerprint density at radius 1 is 1.60 bits per heavy atom. The third kappa shape index (κ3) is 4.14. The van der Waals surface area contributed by atoms with Crippen LogP contribution in [0.5, 0.6) is 5.75 Å². The molecule has 0 fully saturated rings. The van der Waals surface area contributed by atoms with Crippen molar-refractivity contribution >= 4 is 35.1 Å². The minimum Gasteiger partial charge on any atom is -0.477 e. The van der Waals surface area contributed by atoms with Crippen molar-refractivity contribution in [2.24, 2.45) is 10.8 Å². The third-order valence-electron chi connectivity index (χ3n) is 1.51. The molecule has 0 saturated heterocycles. The maximum Gasteiger partial charge on any atom is 0.184 e. The van der Waals surface area contributed by atoms with Gasteiger partial charge in [-0.2, -0.15) is 5.10 Å². The number of benzene rings is 1. The van der Waals surface area contributed by atoms with E-state index in [-0.39, 0.29) is 11.2 Å². The highest BCUT2D eigenvalue weighted by Gasteiger charge is 1.98. The van der Waals surface area contributed by atoms with Gasteiger partial charge >= 0.3 is 0 Å². The zero-order chi connectivity index (χ0) is 11.1. The molecular formula is C9H10ClN3OS. The predicted octanol–water partition coefficient (Wildman–Crippen LogP) is 1.43. The molecule has 80 valence electrons. The van der Waals surface area contributed by atoms with Crippen molar-refractivity contribution in [2.75, 3.05) is 6.07 Å². The summed E-state index contributed by atoms with van der Waals surface area (Å²) in [5.41, 5.74) is 8.45. The maximum atomic E-state index is 5.47. The standard InChI is InChI=1S/C9H10ClN3OS/c10-6-14-8-4-2-1-3-7(8)5-12-13-9(11)15/h1-5H,6H2,(H3,11,13,15). The van der Waals surface area contributed by atoms with Crippen LogP contribution in [0.3, 0.4) is 0 Å². The molecule has 1 rings (SSSR count). The van der Waals surface area contributed by atoms with Crippen molar-refractivity contribution in [3.05, 3.63) is 29.8 Å². The molecule has 0 atom stereocenters. The Bertz CT molecular complexity index is 370. The van der Waals surface area contributed by atoms with E-state index < -0.39 is 0 Å². The number of hydrazone groups is 1. The molecule has 0 spiro atoms. The van der Waals surface area contributed by atoms with Gasteiger partial charge in [0.05, 0.1) is 6.21 Å². The zero-order valence-electron chi connectivity index (χ0n) is 7.81. The molecule has 0 bridgehead atoms. The number of halogens is 1. The molecule has 0 heterocycles. The van der Waals surface area contributed by atoms with Gasteiger partial charge in [0, 0.05) is 5.56 Å². The number of ether oxygens (including phenoxy) is 1. The average molecular weight is 244 g/mol. The molecule has 15 heavy (non-hydrogen) atoms.